The molecule has 4 heteroatoms. The number of aromatic amines is 1. The molecule has 4 nitrogen and oxygen atoms in total. The number of nitrogens with one attached hydrogen (secondary N) is 2. The van der Waals surface area contributed by atoms with Gasteiger partial charge in [0.05, 0.1) is 0 Å². The Balaban J connectivity index is 1.90. The fraction of sp³-hybridized carbons (Fsp3) is 0.636. The number of H-pyrrole nitrogens is 1. The summed E-state index contributed by atoms with van der Waals surface area (Å²) in [6, 6.07) is 0. The first kappa shape index (κ1) is 10.2. The Morgan fingerprint density at radius 2 is 2.27 bits per heavy atom. The van der Waals surface area contributed by atoms with E-state index in [1.807, 2.05) is 13.8 Å². The summed E-state index contributed by atoms with van der Waals surface area (Å²) >= 11 is 0. The van der Waals surface area contributed by atoms with Crippen molar-refractivity contribution in [2.45, 2.75) is 39.5 Å². The molecule has 0 unspecified atom stereocenters. The molecule has 1 aliphatic rings. The summed E-state index contributed by atoms with van der Waals surface area (Å²) in [5, 5.41) is 9.76. The second kappa shape index (κ2) is 4.04. The van der Waals surface area contributed by atoms with Gasteiger partial charge in [0, 0.05) is 17.7 Å². The van der Waals surface area contributed by atoms with E-state index in [2.05, 4.69) is 15.5 Å². The van der Waals surface area contributed by atoms with Gasteiger partial charge in [0.1, 0.15) is 0 Å². The van der Waals surface area contributed by atoms with Gasteiger partial charge in [-0.05, 0) is 32.6 Å². The third-order valence-electron chi connectivity index (χ3n) is 3.21. The van der Waals surface area contributed by atoms with E-state index < -0.39 is 0 Å². The fourth-order valence-corrected chi connectivity index (χ4v) is 1.75. The normalized spacial score (nSPS) is 16.1. The molecule has 1 aromatic rings. The van der Waals surface area contributed by atoms with Crippen LogP contribution in [0.5, 0.6) is 0 Å². The molecule has 1 aliphatic carbocycles. The number of amides is 1. The number of hydrogen-bond donors (Lipinski definition) is 2. The average Bonchev–Trinajstić information content (AvgIpc) is 2.43. The van der Waals surface area contributed by atoms with Gasteiger partial charge < -0.3 is 5.32 Å². The van der Waals surface area contributed by atoms with Gasteiger partial charge in [0.25, 0.3) is 0 Å². The van der Waals surface area contributed by atoms with Gasteiger partial charge in [-0.3, -0.25) is 9.89 Å². The van der Waals surface area contributed by atoms with Crippen molar-refractivity contribution in [3.8, 4) is 0 Å². The second-order valence-corrected chi connectivity index (χ2v) is 4.37. The molecule has 2 rings (SSSR count). The Morgan fingerprint density at radius 3 is 2.73 bits per heavy atom. The van der Waals surface area contributed by atoms with E-state index in [1.165, 1.54) is 19.3 Å². The first-order valence-electron chi connectivity index (χ1n) is 5.48. The monoisotopic (exact) mass is 207 g/mol. The number of aryl methyl sites for hydroxylation is 1. The van der Waals surface area contributed by atoms with Crippen molar-refractivity contribution >= 4 is 11.7 Å². The molecule has 1 aromatic heterocycles. The predicted octanol–water partition coefficient (Wildman–Crippen LogP) is 2.16. The molecule has 1 amide bonds. The van der Waals surface area contributed by atoms with Crippen LogP contribution in [0.1, 0.15) is 36.9 Å². The third kappa shape index (κ3) is 2.19. The lowest BCUT2D eigenvalue weighted by Crippen LogP contribution is -2.21. The number of nitrogens with zero attached hydrogens (tertiary/aromatic N) is 1. The first-order valence-corrected chi connectivity index (χ1v) is 5.48. The summed E-state index contributed by atoms with van der Waals surface area (Å²) < 4.78 is 0. The summed E-state index contributed by atoms with van der Waals surface area (Å²) in [4.78, 5) is 11.6. The molecular formula is C11H17N3O. The maximum Gasteiger partial charge on any atom is 0.225 e. The number of hydrogen-bond acceptors (Lipinski definition) is 2. The molecule has 0 spiro atoms. The van der Waals surface area contributed by atoms with Gasteiger partial charge in [-0.2, -0.15) is 5.10 Å². The van der Waals surface area contributed by atoms with Gasteiger partial charge in [0.2, 0.25) is 5.91 Å². The molecule has 82 valence electrons. The van der Waals surface area contributed by atoms with E-state index >= 15 is 0 Å². The SMILES string of the molecule is Cc1[nH]nc(NC(=O)CC2CCC2)c1C. The fourth-order valence-electron chi connectivity index (χ4n) is 1.75. The molecule has 0 bridgehead atoms. The highest BCUT2D eigenvalue weighted by molar-refractivity contribution is 5.90. The van der Waals surface area contributed by atoms with Gasteiger partial charge >= 0.3 is 0 Å². The minimum atomic E-state index is 0.0919. The van der Waals surface area contributed by atoms with Crippen LogP contribution >= 0.6 is 0 Å². The molecule has 0 aromatic carbocycles. The number of rotatable bonds is 3. The summed E-state index contributed by atoms with van der Waals surface area (Å²) in [5.74, 6) is 1.37. The molecular weight excluding hydrogens is 190 g/mol. The van der Waals surface area contributed by atoms with Crippen LogP contribution in [0.3, 0.4) is 0 Å². The topological polar surface area (TPSA) is 57.8 Å². The van der Waals surface area contributed by atoms with E-state index in [4.69, 9.17) is 0 Å². The van der Waals surface area contributed by atoms with E-state index in [0.717, 1.165) is 11.3 Å². The quantitative estimate of drug-likeness (QED) is 0.798. The summed E-state index contributed by atoms with van der Waals surface area (Å²) in [6.45, 7) is 3.90. The molecule has 1 heterocycles. The van der Waals surface area contributed by atoms with E-state index in [0.29, 0.717) is 18.2 Å². The summed E-state index contributed by atoms with van der Waals surface area (Å²) in [7, 11) is 0. The minimum Gasteiger partial charge on any atom is -0.309 e. The van der Waals surface area contributed by atoms with Crippen LogP contribution in [0.2, 0.25) is 0 Å². The Labute approximate surface area is 89.5 Å². The van der Waals surface area contributed by atoms with Crippen LogP contribution in [0.4, 0.5) is 5.82 Å². The molecule has 0 atom stereocenters. The van der Waals surface area contributed by atoms with Gasteiger partial charge in [-0.15, -0.1) is 0 Å². The highest BCUT2D eigenvalue weighted by Crippen LogP contribution is 2.29. The molecule has 0 saturated heterocycles. The Bertz CT molecular complexity index is 366. The molecule has 1 saturated carbocycles. The van der Waals surface area contributed by atoms with Crippen LogP contribution in [0, 0.1) is 19.8 Å². The van der Waals surface area contributed by atoms with Crippen LogP contribution in [0.25, 0.3) is 0 Å². The van der Waals surface area contributed by atoms with Gasteiger partial charge in [-0.1, -0.05) is 6.42 Å². The maximum atomic E-state index is 11.6. The highest BCUT2D eigenvalue weighted by atomic mass is 16.1. The minimum absolute atomic E-state index is 0.0919. The zero-order valence-corrected chi connectivity index (χ0v) is 9.26. The lowest BCUT2D eigenvalue weighted by molar-refractivity contribution is -0.117. The molecule has 1 fully saturated rings. The third-order valence-corrected chi connectivity index (χ3v) is 3.21. The summed E-state index contributed by atoms with van der Waals surface area (Å²) in [5.41, 5.74) is 2.03. The van der Waals surface area contributed by atoms with Crippen molar-refractivity contribution in [2.75, 3.05) is 5.32 Å². The van der Waals surface area contributed by atoms with E-state index in [1.54, 1.807) is 0 Å². The van der Waals surface area contributed by atoms with Crippen molar-refractivity contribution in [1.82, 2.24) is 10.2 Å². The van der Waals surface area contributed by atoms with Gasteiger partial charge in [-0.25, -0.2) is 0 Å². The lowest BCUT2D eigenvalue weighted by atomic mass is 9.83. The lowest BCUT2D eigenvalue weighted by Gasteiger charge is -2.24. The number of aromatic nitrogens is 2. The zero-order valence-electron chi connectivity index (χ0n) is 9.26. The van der Waals surface area contributed by atoms with Crippen molar-refractivity contribution in [3.05, 3.63) is 11.3 Å². The number of carbonyl (C=O) groups excluding carboxylic acids is 1. The predicted molar refractivity (Wildman–Crippen MR) is 58.6 cm³/mol. The van der Waals surface area contributed by atoms with Crippen LogP contribution in [-0.4, -0.2) is 16.1 Å². The molecule has 15 heavy (non-hydrogen) atoms. The van der Waals surface area contributed by atoms with Crippen molar-refractivity contribution in [1.29, 1.82) is 0 Å². The number of carbonyl (C=O) groups is 1. The first-order chi connectivity index (χ1) is 7.16. The van der Waals surface area contributed by atoms with Crippen molar-refractivity contribution in [3.63, 3.8) is 0 Å². The standard InChI is InChI=1S/C11H17N3O/c1-7-8(2)13-14-11(7)12-10(15)6-9-4-3-5-9/h9H,3-6H2,1-2H3,(H2,12,13,14,15). The Hall–Kier alpha value is -1.32. The van der Waals surface area contributed by atoms with Crippen molar-refractivity contribution in [2.24, 2.45) is 5.92 Å². The Morgan fingerprint density at radius 1 is 1.53 bits per heavy atom. The maximum absolute atomic E-state index is 11.6. The largest absolute Gasteiger partial charge is 0.309 e. The van der Waals surface area contributed by atoms with Crippen LogP contribution in [0.15, 0.2) is 0 Å². The molecule has 0 aliphatic heterocycles. The average molecular weight is 207 g/mol. The van der Waals surface area contributed by atoms with E-state index in [-0.39, 0.29) is 5.91 Å². The van der Waals surface area contributed by atoms with Crippen molar-refractivity contribution < 1.29 is 4.79 Å². The Kier molecular flexibility index (Phi) is 2.75. The van der Waals surface area contributed by atoms with Crippen LogP contribution in [-0.2, 0) is 4.79 Å². The van der Waals surface area contributed by atoms with Crippen LogP contribution < -0.4 is 5.32 Å². The zero-order chi connectivity index (χ0) is 10.8. The molecule has 2 N–H and O–H groups in total. The summed E-state index contributed by atoms with van der Waals surface area (Å²) in [6.07, 6.45) is 4.32. The molecule has 0 radical (unpaired) electrons. The highest BCUT2D eigenvalue weighted by Gasteiger charge is 2.21. The second-order valence-electron chi connectivity index (χ2n) is 4.37. The van der Waals surface area contributed by atoms with Gasteiger partial charge in [0.15, 0.2) is 5.82 Å². The number of anilines is 1. The smallest absolute Gasteiger partial charge is 0.225 e. The van der Waals surface area contributed by atoms with E-state index in [9.17, 15) is 4.79 Å².